The lowest BCUT2D eigenvalue weighted by Gasteiger charge is -2.05. The van der Waals surface area contributed by atoms with Crippen molar-refractivity contribution in [2.45, 2.75) is 39.3 Å². The number of aromatic nitrogens is 3. The van der Waals surface area contributed by atoms with Crippen molar-refractivity contribution in [1.82, 2.24) is 20.5 Å². The summed E-state index contributed by atoms with van der Waals surface area (Å²) in [6, 6.07) is 3.01. The van der Waals surface area contributed by atoms with Crippen molar-refractivity contribution in [2.24, 2.45) is 4.99 Å². The second-order valence-electron chi connectivity index (χ2n) is 7.74. The molecule has 2 aromatic heterocycles. The molecule has 4 rings (SSSR count). The van der Waals surface area contributed by atoms with Crippen molar-refractivity contribution in [2.75, 3.05) is 11.1 Å². The summed E-state index contributed by atoms with van der Waals surface area (Å²) < 4.78 is 32.5. The third kappa shape index (κ3) is 5.88. The van der Waals surface area contributed by atoms with Gasteiger partial charge in [-0.25, -0.2) is 13.8 Å². The number of benzene rings is 1. The highest BCUT2D eigenvalue weighted by molar-refractivity contribution is 8.14. The number of aliphatic imine (C=N–C) groups is 1. The third-order valence-electron chi connectivity index (χ3n) is 5.21. The molecule has 35 heavy (non-hydrogen) atoms. The summed E-state index contributed by atoms with van der Waals surface area (Å²) in [7, 11) is 0. The number of anilines is 1. The lowest BCUT2D eigenvalue weighted by molar-refractivity contribution is 0.0942. The van der Waals surface area contributed by atoms with Gasteiger partial charge in [-0.15, -0.1) is 11.8 Å². The number of amides is 2. The van der Waals surface area contributed by atoms with Crippen LogP contribution in [0.15, 0.2) is 27.6 Å². The Kier molecular flexibility index (Phi) is 7.51. The molecule has 1 aliphatic heterocycles. The van der Waals surface area contributed by atoms with Gasteiger partial charge in [0.1, 0.15) is 11.5 Å². The third-order valence-corrected chi connectivity index (χ3v) is 6.65. The van der Waals surface area contributed by atoms with Gasteiger partial charge in [-0.3, -0.25) is 19.7 Å². The number of hydrogen-bond acceptors (Lipinski definition) is 7. The highest BCUT2D eigenvalue weighted by Gasteiger charge is 2.21. The fraction of sp³-hybridized carbons (Fsp3) is 0.318. The molecule has 0 saturated carbocycles. The van der Waals surface area contributed by atoms with Crippen LogP contribution in [0.5, 0.6) is 0 Å². The molecule has 0 saturated heterocycles. The van der Waals surface area contributed by atoms with E-state index in [1.807, 2.05) is 0 Å². The second-order valence-corrected chi connectivity index (χ2v) is 9.24. The van der Waals surface area contributed by atoms with Crippen molar-refractivity contribution in [1.29, 1.82) is 0 Å². The summed E-state index contributed by atoms with van der Waals surface area (Å²) in [6.45, 7) is 3.99. The molecule has 1 aromatic carbocycles. The number of hydrogen-bond donors (Lipinski definition) is 3. The molecule has 0 radical (unpaired) electrons. The standard InChI is InChI=1S/C22H21ClF2N6O3S/c1-3-11-9-35-20(28-11)7-19-27-10(2)17(34-19)8-26-22(33)16-6-18(31-30-16)29-21(32)12-4-14(24)15(25)5-13(12)23/h4-6,11H,3,7-9H2,1-2H3,(H,26,33)(H2,29,30,31,32). The number of aryl methyl sites for hydroxylation is 1. The minimum Gasteiger partial charge on any atom is -0.443 e. The Hall–Kier alpha value is -3.25. The first-order chi connectivity index (χ1) is 16.7. The summed E-state index contributed by atoms with van der Waals surface area (Å²) in [4.78, 5) is 33.9. The lowest BCUT2D eigenvalue weighted by atomic mass is 10.2. The fourth-order valence-electron chi connectivity index (χ4n) is 3.27. The molecule has 0 fully saturated rings. The average Bonchev–Trinajstić information content (AvgIpc) is 3.55. The van der Waals surface area contributed by atoms with Crippen LogP contribution in [0.4, 0.5) is 14.6 Å². The van der Waals surface area contributed by atoms with Crippen molar-refractivity contribution in [3.05, 3.63) is 63.5 Å². The number of rotatable bonds is 8. The van der Waals surface area contributed by atoms with E-state index >= 15 is 0 Å². The van der Waals surface area contributed by atoms with E-state index < -0.39 is 23.4 Å². The number of oxazole rings is 1. The number of H-pyrrole nitrogens is 1. The first-order valence-electron chi connectivity index (χ1n) is 10.7. The SMILES string of the molecule is CCC1CSC(Cc2nc(C)c(CNC(=O)c3cc(NC(=O)c4cc(F)c(F)cc4Cl)n[nH]3)o2)=N1. The highest BCUT2D eigenvalue weighted by Crippen LogP contribution is 2.24. The number of carbonyl (C=O) groups excluding carboxylic acids is 2. The zero-order chi connectivity index (χ0) is 25.1. The molecule has 9 nitrogen and oxygen atoms in total. The van der Waals surface area contributed by atoms with Gasteiger partial charge in [0.25, 0.3) is 11.8 Å². The topological polar surface area (TPSA) is 125 Å². The molecule has 1 aliphatic rings. The molecule has 184 valence electrons. The van der Waals surface area contributed by atoms with Gasteiger partial charge < -0.3 is 15.1 Å². The van der Waals surface area contributed by atoms with Crippen LogP contribution in [-0.4, -0.2) is 43.8 Å². The Labute approximate surface area is 208 Å². The number of halogens is 3. The van der Waals surface area contributed by atoms with E-state index in [2.05, 4.69) is 37.7 Å². The molecule has 0 bridgehead atoms. The molecule has 13 heteroatoms. The normalized spacial score (nSPS) is 15.2. The van der Waals surface area contributed by atoms with E-state index in [0.29, 0.717) is 41.9 Å². The minimum absolute atomic E-state index is 0.000645. The Morgan fingerprint density at radius 3 is 2.77 bits per heavy atom. The van der Waals surface area contributed by atoms with E-state index in [1.54, 1.807) is 18.7 Å². The van der Waals surface area contributed by atoms with Crippen molar-refractivity contribution < 1.29 is 22.8 Å². The largest absolute Gasteiger partial charge is 0.443 e. The Bertz CT molecular complexity index is 1310. The summed E-state index contributed by atoms with van der Waals surface area (Å²) in [6.07, 6.45) is 1.51. The van der Waals surface area contributed by atoms with Gasteiger partial charge in [0, 0.05) is 11.8 Å². The molecular weight excluding hydrogens is 502 g/mol. The average molecular weight is 523 g/mol. The predicted octanol–water partition coefficient (Wildman–Crippen LogP) is 4.29. The molecule has 3 heterocycles. The van der Waals surface area contributed by atoms with Gasteiger partial charge in [0.15, 0.2) is 17.5 Å². The summed E-state index contributed by atoms with van der Waals surface area (Å²) >= 11 is 7.52. The maximum Gasteiger partial charge on any atom is 0.269 e. The first kappa shape index (κ1) is 24.9. The molecule has 0 spiro atoms. The Morgan fingerprint density at radius 1 is 1.26 bits per heavy atom. The molecule has 1 atom stereocenters. The molecule has 3 N–H and O–H groups in total. The van der Waals surface area contributed by atoms with E-state index in [-0.39, 0.29) is 28.6 Å². The van der Waals surface area contributed by atoms with E-state index in [4.69, 9.17) is 16.0 Å². The molecule has 3 aromatic rings. The number of nitrogens with one attached hydrogen (secondary N) is 3. The van der Waals surface area contributed by atoms with Gasteiger partial charge in [-0.1, -0.05) is 18.5 Å². The summed E-state index contributed by atoms with van der Waals surface area (Å²) in [5, 5.41) is 12.1. The van der Waals surface area contributed by atoms with Crippen molar-refractivity contribution >= 4 is 46.0 Å². The summed E-state index contributed by atoms with van der Waals surface area (Å²) in [5.74, 6) is -1.67. The zero-order valence-corrected chi connectivity index (χ0v) is 20.3. The maximum absolute atomic E-state index is 13.4. The van der Waals surface area contributed by atoms with E-state index in [9.17, 15) is 18.4 Å². The number of nitrogens with zero attached hydrogens (tertiary/aromatic N) is 3. The van der Waals surface area contributed by atoms with Gasteiger partial charge in [0.2, 0.25) is 5.89 Å². The lowest BCUT2D eigenvalue weighted by Crippen LogP contribution is -2.23. The minimum atomic E-state index is -1.22. The first-order valence-corrected chi connectivity index (χ1v) is 12.0. The van der Waals surface area contributed by atoms with Crippen molar-refractivity contribution in [3.63, 3.8) is 0 Å². The second kappa shape index (κ2) is 10.6. The Balaban J connectivity index is 1.34. The number of carbonyl (C=O) groups is 2. The monoisotopic (exact) mass is 522 g/mol. The number of aromatic amines is 1. The van der Waals surface area contributed by atoms with E-state index in [1.165, 1.54) is 6.07 Å². The van der Waals surface area contributed by atoms with Crippen LogP contribution in [0.2, 0.25) is 5.02 Å². The highest BCUT2D eigenvalue weighted by atomic mass is 35.5. The van der Waals surface area contributed by atoms with Crippen molar-refractivity contribution in [3.8, 4) is 0 Å². The van der Waals surface area contributed by atoms with E-state index in [0.717, 1.165) is 17.2 Å². The fourth-order valence-corrected chi connectivity index (χ4v) is 4.65. The predicted molar refractivity (Wildman–Crippen MR) is 128 cm³/mol. The zero-order valence-electron chi connectivity index (χ0n) is 18.7. The smallest absolute Gasteiger partial charge is 0.269 e. The van der Waals surface area contributed by atoms with Crippen LogP contribution in [0.1, 0.15) is 51.5 Å². The van der Waals surface area contributed by atoms with Crippen LogP contribution >= 0.6 is 23.4 Å². The van der Waals surface area contributed by atoms with Gasteiger partial charge >= 0.3 is 0 Å². The molecule has 1 unspecified atom stereocenters. The van der Waals surface area contributed by atoms with Gasteiger partial charge in [-0.05, 0) is 25.5 Å². The molecule has 2 amide bonds. The van der Waals surface area contributed by atoms with Crippen LogP contribution in [0.25, 0.3) is 0 Å². The van der Waals surface area contributed by atoms with Crippen LogP contribution in [-0.2, 0) is 13.0 Å². The van der Waals surface area contributed by atoms with Gasteiger partial charge in [0.05, 0.1) is 40.3 Å². The Morgan fingerprint density at radius 2 is 2.03 bits per heavy atom. The quantitative estimate of drug-likeness (QED) is 0.379. The molecular formula is C22H21ClF2N6O3S. The summed E-state index contributed by atoms with van der Waals surface area (Å²) in [5.41, 5.74) is 0.455. The molecule has 0 aliphatic carbocycles. The van der Waals surface area contributed by atoms with Crippen LogP contribution in [0, 0.1) is 18.6 Å². The van der Waals surface area contributed by atoms with Crippen LogP contribution < -0.4 is 10.6 Å². The number of thioether (sulfide) groups is 1. The maximum atomic E-state index is 13.4. The van der Waals surface area contributed by atoms with Crippen LogP contribution in [0.3, 0.4) is 0 Å². The van der Waals surface area contributed by atoms with Gasteiger partial charge in [-0.2, -0.15) is 5.10 Å².